The van der Waals surface area contributed by atoms with Gasteiger partial charge in [-0.05, 0) is 0 Å². The third-order valence-electron chi connectivity index (χ3n) is 7.52. The molecule has 1 aliphatic rings. The number of rotatable bonds is 7. The van der Waals surface area contributed by atoms with E-state index in [0.717, 1.165) is 19.0 Å². The summed E-state index contributed by atoms with van der Waals surface area (Å²) in [6, 6.07) is 33.3. The molecule has 0 aromatic heterocycles. The van der Waals surface area contributed by atoms with Gasteiger partial charge in [0, 0.05) is 0 Å². The van der Waals surface area contributed by atoms with Crippen molar-refractivity contribution in [1.29, 1.82) is 0 Å². The van der Waals surface area contributed by atoms with Crippen LogP contribution < -0.4 is 15.9 Å². The van der Waals surface area contributed by atoms with E-state index in [1.54, 1.807) is 0 Å². The topological polar surface area (TPSA) is 20.2 Å². The van der Waals surface area contributed by atoms with Crippen molar-refractivity contribution in [2.45, 2.75) is 46.6 Å². The van der Waals surface area contributed by atoms with Gasteiger partial charge in [-0.3, -0.25) is 0 Å². The minimum atomic E-state index is -2.26. The van der Waals surface area contributed by atoms with E-state index in [4.69, 9.17) is 0 Å². The molecule has 0 aliphatic heterocycles. The second-order valence-electron chi connectivity index (χ2n) is 10.6. The van der Waals surface area contributed by atoms with Crippen LogP contribution in [0.15, 0.2) is 126 Å². The van der Waals surface area contributed by atoms with Crippen molar-refractivity contribution in [3.63, 3.8) is 0 Å². The Morgan fingerprint density at radius 3 is 1.74 bits per heavy atom. The van der Waals surface area contributed by atoms with Gasteiger partial charge in [-0.15, -0.1) is 0 Å². The molecule has 1 atom stereocenters. The molecule has 0 amide bonds. The van der Waals surface area contributed by atoms with Crippen LogP contribution in [0.5, 0.6) is 0 Å². The molecule has 0 radical (unpaired) electrons. The van der Waals surface area contributed by atoms with Crippen molar-refractivity contribution in [2.75, 3.05) is 6.16 Å². The molecule has 1 N–H and O–H groups in total. The van der Waals surface area contributed by atoms with Gasteiger partial charge in [0.25, 0.3) is 0 Å². The number of hydrogen-bond donors (Lipinski definition) is 1. The first kappa shape index (κ1) is 25.4. The Bertz CT molecular complexity index is 1110. The summed E-state index contributed by atoms with van der Waals surface area (Å²) in [6.07, 6.45) is 9.38. The van der Waals surface area contributed by atoms with Crippen molar-refractivity contribution in [3.8, 4) is 0 Å². The summed E-state index contributed by atoms with van der Waals surface area (Å²) in [6.45, 7) is 8.88. The maximum atomic E-state index is 10.2. The van der Waals surface area contributed by atoms with Gasteiger partial charge in [-0.2, -0.15) is 0 Å². The molecular weight excluding hydrogens is 443 g/mol. The summed E-state index contributed by atoms with van der Waals surface area (Å²) < 4.78 is 0. The third kappa shape index (κ3) is 5.58. The fourth-order valence-electron chi connectivity index (χ4n) is 5.80. The third-order valence-corrected chi connectivity index (χ3v) is 12.3. The molecule has 0 unspecified atom stereocenters. The van der Waals surface area contributed by atoms with Gasteiger partial charge >= 0.3 is 212 Å². The maximum absolute atomic E-state index is 10.2. The van der Waals surface area contributed by atoms with Gasteiger partial charge in [0.05, 0.1) is 0 Å². The Morgan fingerprint density at radius 1 is 0.857 bits per heavy atom. The molecule has 2 heteroatoms. The number of aliphatic hydroxyl groups excluding tert-OH is 1. The number of benzene rings is 3. The Hall–Kier alpha value is -2.73. The van der Waals surface area contributed by atoms with Crippen LogP contribution in [0.2, 0.25) is 0 Å². The van der Waals surface area contributed by atoms with Crippen LogP contribution in [0, 0.1) is 5.41 Å². The van der Waals surface area contributed by atoms with Gasteiger partial charge in [0.1, 0.15) is 0 Å². The van der Waals surface area contributed by atoms with Crippen LogP contribution >= 0.6 is 7.26 Å². The fourth-order valence-corrected chi connectivity index (χ4v) is 10.4. The van der Waals surface area contributed by atoms with Crippen LogP contribution in [0.25, 0.3) is 0 Å². The molecule has 1 aliphatic carbocycles. The second-order valence-corrected chi connectivity index (χ2v) is 14.6. The molecule has 0 spiro atoms. The van der Waals surface area contributed by atoms with E-state index in [2.05, 4.69) is 137 Å². The van der Waals surface area contributed by atoms with Gasteiger partial charge < -0.3 is 0 Å². The zero-order valence-electron chi connectivity index (χ0n) is 21.5. The zero-order chi connectivity index (χ0) is 24.9. The van der Waals surface area contributed by atoms with Crippen molar-refractivity contribution >= 4 is 23.2 Å². The molecule has 1 nitrogen and oxygen atoms in total. The van der Waals surface area contributed by atoms with Crippen LogP contribution in [0.1, 0.15) is 40.5 Å². The van der Waals surface area contributed by atoms with E-state index < -0.39 is 7.26 Å². The van der Waals surface area contributed by atoms with E-state index in [1.807, 2.05) is 0 Å². The summed E-state index contributed by atoms with van der Waals surface area (Å²) >= 11 is 0. The Balaban J connectivity index is 1.76. The monoisotopic (exact) mass is 482 g/mol. The number of allylic oxidation sites excluding steroid dienone is 5. The van der Waals surface area contributed by atoms with Gasteiger partial charge in [0.2, 0.25) is 0 Å². The Morgan fingerprint density at radius 2 is 1.31 bits per heavy atom. The Kier molecular flexibility index (Phi) is 7.90. The predicted octanol–water partition coefficient (Wildman–Crippen LogP) is 6.71. The summed E-state index contributed by atoms with van der Waals surface area (Å²) in [5, 5.41) is 14.6. The fraction of sp³-hybridized carbons (Fsp3) is 0.273. The average molecular weight is 483 g/mol. The van der Waals surface area contributed by atoms with Crippen molar-refractivity contribution in [3.05, 3.63) is 126 Å². The molecule has 4 rings (SSSR count). The van der Waals surface area contributed by atoms with Crippen molar-refractivity contribution in [2.24, 2.45) is 5.41 Å². The molecule has 0 fully saturated rings. The molecule has 0 saturated carbocycles. The first-order valence-corrected chi connectivity index (χ1v) is 14.9. The van der Waals surface area contributed by atoms with Crippen molar-refractivity contribution in [1.82, 2.24) is 0 Å². The van der Waals surface area contributed by atoms with Crippen LogP contribution in [-0.4, -0.2) is 17.4 Å². The molecule has 182 valence electrons. The average Bonchev–Trinajstić information content (AvgIpc) is 2.85. The molecule has 0 bridgehead atoms. The molecule has 35 heavy (non-hydrogen) atoms. The molecule has 0 heterocycles. The zero-order valence-corrected chi connectivity index (χ0v) is 22.5. The normalized spacial score (nSPS) is 19.2. The second kappa shape index (κ2) is 10.9. The Labute approximate surface area is 212 Å². The van der Waals surface area contributed by atoms with E-state index in [0.29, 0.717) is 0 Å². The quantitative estimate of drug-likeness (QED) is 0.293. The molecule has 0 saturated heterocycles. The van der Waals surface area contributed by atoms with Gasteiger partial charge in [-0.25, -0.2) is 0 Å². The van der Waals surface area contributed by atoms with E-state index in [9.17, 15) is 5.11 Å². The predicted molar refractivity (Wildman–Crippen MR) is 156 cm³/mol. The summed E-state index contributed by atoms with van der Waals surface area (Å²) in [7, 11) is -2.26. The number of aliphatic hydroxyl groups is 1. The van der Waals surface area contributed by atoms with E-state index in [1.165, 1.54) is 32.6 Å². The molecule has 3 aromatic rings. The minimum absolute atomic E-state index is 0.00481. The van der Waals surface area contributed by atoms with E-state index in [-0.39, 0.29) is 11.5 Å². The van der Waals surface area contributed by atoms with Crippen molar-refractivity contribution < 1.29 is 5.11 Å². The molecular formula is C33H39OP. The SMILES string of the molecule is CC(C=CC1=C(C)C[C@@H](O)CC1(C)C)=CC[PH](c1ccccc1)(c1ccccc1)c1ccccc1. The molecule has 3 aromatic carbocycles. The summed E-state index contributed by atoms with van der Waals surface area (Å²) in [5.41, 5.74) is 3.95. The summed E-state index contributed by atoms with van der Waals surface area (Å²) in [5.74, 6) is 0. The first-order chi connectivity index (χ1) is 16.8. The van der Waals surface area contributed by atoms with Gasteiger partial charge in [-0.1, -0.05) is 0 Å². The first-order valence-electron chi connectivity index (χ1n) is 12.7. The summed E-state index contributed by atoms with van der Waals surface area (Å²) in [4.78, 5) is 0. The van der Waals surface area contributed by atoms with Crippen LogP contribution in [0.3, 0.4) is 0 Å². The number of hydrogen-bond acceptors (Lipinski definition) is 1. The van der Waals surface area contributed by atoms with Crippen LogP contribution in [0.4, 0.5) is 0 Å². The van der Waals surface area contributed by atoms with Crippen LogP contribution in [-0.2, 0) is 0 Å². The van der Waals surface area contributed by atoms with E-state index >= 15 is 0 Å². The standard InChI is InChI=1S/C33H39OP/c1-26(20-21-32-27(2)24-28(34)25-33(32,3)4)22-23-35(29-14-8-5-9-15-29,30-16-10-6-11-17-30)31-18-12-7-13-19-31/h5-22,28,34-35H,23-25H2,1-4H3/t28-/m1/s1. The van der Waals surface area contributed by atoms with Gasteiger partial charge in [0.15, 0.2) is 0 Å².